The van der Waals surface area contributed by atoms with Crippen LogP contribution in [0.1, 0.15) is 79.6 Å². The zero-order chi connectivity index (χ0) is 23.7. The van der Waals surface area contributed by atoms with Crippen LogP contribution in [0.2, 0.25) is 19.6 Å². The molecule has 2 fully saturated rings. The highest BCUT2D eigenvalue weighted by atomic mass is 28.4. The monoisotopic (exact) mass is 458 g/mol. The highest BCUT2D eigenvalue weighted by Gasteiger charge is 2.53. The number of hydrogen-bond acceptors (Lipinski definition) is 3. The quantitative estimate of drug-likeness (QED) is 0.205. The second kappa shape index (κ2) is 9.62. The van der Waals surface area contributed by atoms with Gasteiger partial charge in [-0.25, -0.2) is 13.6 Å². The Balaban J connectivity index is 2.08. The summed E-state index contributed by atoms with van der Waals surface area (Å²) in [5.41, 5.74) is -0.160. The summed E-state index contributed by atoms with van der Waals surface area (Å²) < 4.78 is 41.2. The highest BCUT2D eigenvalue weighted by molar-refractivity contribution is 6.69. The van der Waals surface area contributed by atoms with Crippen molar-refractivity contribution < 1.29 is 22.7 Å². The highest BCUT2D eigenvalue weighted by Crippen LogP contribution is 2.60. The van der Waals surface area contributed by atoms with E-state index in [4.69, 9.17) is 9.16 Å². The first kappa shape index (κ1) is 26.5. The van der Waals surface area contributed by atoms with E-state index in [1.807, 2.05) is 26.6 Å². The first-order valence-corrected chi connectivity index (χ1v) is 15.5. The fourth-order valence-electron chi connectivity index (χ4n) is 6.27. The molecule has 0 N–H and O–H groups in total. The van der Waals surface area contributed by atoms with Gasteiger partial charge in [0.05, 0.1) is 6.61 Å². The van der Waals surface area contributed by atoms with Gasteiger partial charge in [-0.05, 0) is 102 Å². The molecule has 0 radical (unpaired) electrons. The fourth-order valence-corrected chi connectivity index (χ4v) is 7.95. The number of hydrogen-bond donors (Lipinski definition) is 0. The smallest absolute Gasteiger partial charge is 0.330 e. The number of carbonyl (C=O) groups is 1. The molecule has 0 spiro atoms. The van der Waals surface area contributed by atoms with E-state index < -0.39 is 19.8 Å². The van der Waals surface area contributed by atoms with Crippen molar-refractivity contribution in [2.75, 3.05) is 6.61 Å². The SMILES string of the molecule is CCOC(=O)/C=C1\CCC[C@@]2(C)C1CC[C@@H]2[C@H](C)CCC(F)(F)C(C)(C)O[Si](C)(C)C. The van der Waals surface area contributed by atoms with Gasteiger partial charge in [0.1, 0.15) is 5.60 Å². The lowest BCUT2D eigenvalue weighted by atomic mass is 9.60. The largest absolute Gasteiger partial charge is 0.463 e. The number of ether oxygens (including phenoxy) is 1. The summed E-state index contributed by atoms with van der Waals surface area (Å²) in [7, 11) is -2.07. The standard InChI is InChI=1S/C25H44F2O3Si/c1-9-29-22(28)17-19-11-10-15-24(5)20(12-13-21(19)24)18(2)14-16-25(26,27)23(3,4)30-31(6,7)8/h17-18,20-21H,9-16H2,1-8H3/b19-17+/t18-,20-,21?,24-/m1/s1. The Morgan fingerprint density at radius 1 is 1.29 bits per heavy atom. The fraction of sp³-hybridized carbons (Fsp3) is 0.880. The second-order valence-electron chi connectivity index (χ2n) is 11.5. The van der Waals surface area contributed by atoms with Crippen molar-refractivity contribution in [3.8, 4) is 0 Å². The van der Waals surface area contributed by atoms with Crippen molar-refractivity contribution in [3.05, 3.63) is 11.6 Å². The number of esters is 1. The van der Waals surface area contributed by atoms with Gasteiger partial charge in [0.25, 0.3) is 5.92 Å². The molecule has 2 rings (SSSR count). The number of rotatable bonds is 9. The lowest BCUT2D eigenvalue weighted by molar-refractivity contribution is -0.158. The first-order valence-electron chi connectivity index (χ1n) is 12.1. The number of carbonyl (C=O) groups excluding carboxylic acids is 1. The number of allylic oxidation sites excluding steroid dienone is 1. The second-order valence-corrected chi connectivity index (χ2v) is 15.9. The topological polar surface area (TPSA) is 35.5 Å². The number of alkyl halides is 2. The summed E-state index contributed by atoms with van der Waals surface area (Å²) in [6, 6.07) is 0. The molecule has 3 nitrogen and oxygen atoms in total. The molecule has 0 bridgehead atoms. The van der Waals surface area contributed by atoms with E-state index in [1.54, 1.807) is 6.08 Å². The predicted octanol–water partition coefficient (Wildman–Crippen LogP) is 7.37. The van der Waals surface area contributed by atoms with Crippen LogP contribution in [0.25, 0.3) is 0 Å². The van der Waals surface area contributed by atoms with Crippen LogP contribution in [0, 0.1) is 23.2 Å². The van der Waals surface area contributed by atoms with Gasteiger partial charge in [0.15, 0.2) is 8.32 Å². The lowest BCUT2D eigenvalue weighted by Crippen LogP contribution is -2.51. The molecule has 2 saturated carbocycles. The zero-order valence-electron chi connectivity index (χ0n) is 20.9. The van der Waals surface area contributed by atoms with Gasteiger partial charge in [-0.1, -0.05) is 19.4 Å². The van der Waals surface area contributed by atoms with E-state index in [0.29, 0.717) is 24.9 Å². The van der Waals surface area contributed by atoms with Crippen LogP contribution in [0.5, 0.6) is 0 Å². The Bertz CT molecular complexity index is 668. The third-order valence-corrected chi connectivity index (χ3v) is 8.79. The maximum atomic E-state index is 15.1. The van der Waals surface area contributed by atoms with Crippen LogP contribution < -0.4 is 0 Å². The van der Waals surface area contributed by atoms with E-state index in [9.17, 15) is 4.79 Å². The summed E-state index contributed by atoms with van der Waals surface area (Å²) in [5, 5.41) is 0. The number of fused-ring (bicyclic) bond motifs is 1. The molecule has 4 atom stereocenters. The van der Waals surface area contributed by atoms with Gasteiger partial charge in [0, 0.05) is 12.5 Å². The van der Waals surface area contributed by atoms with Crippen molar-refractivity contribution in [1.82, 2.24) is 0 Å². The molecule has 1 unspecified atom stereocenters. The summed E-state index contributed by atoms with van der Waals surface area (Å²) in [6.45, 7) is 15.6. The van der Waals surface area contributed by atoms with Crippen LogP contribution >= 0.6 is 0 Å². The van der Waals surface area contributed by atoms with Gasteiger partial charge in [0.2, 0.25) is 0 Å². The molecule has 6 heteroatoms. The lowest BCUT2D eigenvalue weighted by Gasteiger charge is -2.45. The minimum Gasteiger partial charge on any atom is -0.463 e. The van der Waals surface area contributed by atoms with Crippen molar-refractivity contribution in [3.63, 3.8) is 0 Å². The Kier molecular flexibility index (Phi) is 8.22. The molecule has 2 aliphatic carbocycles. The third-order valence-electron chi connectivity index (χ3n) is 7.67. The average Bonchev–Trinajstić information content (AvgIpc) is 2.96. The molecule has 0 aromatic carbocycles. The molecule has 0 aromatic heterocycles. The van der Waals surface area contributed by atoms with E-state index >= 15 is 8.78 Å². The van der Waals surface area contributed by atoms with Crippen LogP contribution in [0.4, 0.5) is 8.78 Å². The molecule has 0 amide bonds. The summed E-state index contributed by atoms with van der Waals surface area (Å²) in [5.74, 6) is -2.12. The van der Waals surface area contributed by atoms with E-state index in [0.717, 1.165) is 32.1 Å². The van der Waals surface area contributed by atoms with Crippen LogP contribution in [-0.2, 0) is 14.0 Å². The molecule has 31 heavy (non-hydrogen) atoms. The van der Waals surface area contributed by atoms with Crippen molar-refractivity contribution >= 4 is 14.3 Å². The maximum Gasteiger partial charge on any atom is 0.330 e. The van der Waals surface area contributed by atoms with Gasteiger partial charge in [-0.2, -0.15) is 0 Å². The minimum atomic E-state index is -2.86. The third kappa shape index (κ3) is 6.19. The summed E-state index contributed by atoms with van der Waals surface area (Å²) in [6.07, 6.45) is 7.25. The van der Waals surface area contributed by atoms with Crippen LogP contribution in [0.3, 0.4) is 0 Å². The molecule has 0 heterocycles. The van der Waals surface area contributed by atoms with E-state index in [-0.39, 0.29) is 23.7 Å². The molecule has 0 aromatic rings. The Morgan fingerprint density at radius 2 is 1.94 bits per heavy atom. The van der Waals surface area contributed by atoms with Crippen molar-refractivity contribution in [1.29, 1.82) is 0 Å². The normalized spacial score (nSPS) is 29.7. The van der Waals surface area contributed by atoms with Gasteiger partial charge >= 0.3 is 5.97 Å². The van der Waals surface area contributed by atoms with Gasteiger partial charge in [-0.15, -0.1) is 0 Å². The Morgan fingerprint density at radius 3 is 2.52 bits per heavy atom. The van der Waals surface area contributed by atoms with Gasteiger partial charge < -0.3 is 9.16 Å². The summed E-state index contributed by atoms with van der Waals surface area (Å²) >= 11 is 0. The van der Waals surface area contributed by atoms with E-state index in [1.165, 1.54) is 19.4 Å². The number of halogens is 2. The molecule has 0 saturated heterocycles. The first-order chi connectivity index (χ1) is 14.1. The summed E-state index contributed by atoms with van der Waals surface area (Å²) in [4.78, 5) is 12.0. The molecule has 2 aliphatic rings. The zero-order valence-corrected chi connectivity index (χ0v) is 21.9. The average molecular weight is 459 g/mol. The van der Waals surface area contributed by atoms with Crippen LogP contribution in [-0.4, -0.2) is 32.4 Å². The molecular formula is C25H44F2O3Si. The predicted molar refractivity (Wildman–Crippen MR) is 125 cm³/mol. The van der Waals surface area contributed by atoms with Crippen molar-refractivity contribution in [2.24, 2.45) is 23.2 Å². The van der Waals surface area contributed by atoms with Gasteiger partial charge in [-0.3, -0.25) is 0 Å². The van der Waals surface area contributed by atoms with Crippen molar-refractivity contribution in [2.45, 2.75) is 111 Å². The Hall–Kier alpha value is -0.753. The Labute approximate surface area is 189 Å². The maximum absolute atomic E-state index is 15.1. The van der Waals surface area contributed by atoms with Crippen LogP contribution in [0.15, 0.2) is 11.6 Å². The minimum absolute atomic E-state index is 0.0790. The van der Waals surface area contributed by atoms with E-state index in [2.05, 4.69) is 13.8 Å². The molecule has 180 valence electrons. The molecular weight excluding hydrogens is 414 g/mol. The molecule has 0 aliphatic heterocycles.